The summed E-state index contributed by atoms with van der Waals surface area (Å²) in [5.41, 5.74) is 2.07. The van der Waals surface area contributed by atoms with E-state index < -0.39 is 11.9 Å². The van der Waals surface area contributed by atoms with Crippen LogP contribution < -0.4 is 0 Å². The van der Waals surface area contributed by atoms with Crippen LogP contribution in [0.1, 0.15) is 33.8 Å². The number of halogens is 2. The van der Waals surface area contributed by atoms with Crippen LogP contribution in [0.2, 0.25) is 10.0 Å². The first-order valence-corrected chi connectivity index (χ1v) is 7.80. The number of ketones is 1. The summed E-state index contributed by atoms with van der Waals surface area (Å²) in [5, 5.41) is 0.803. The summed E-state index contributed by atoms with van der Waals surface area (Å²) in [5.74, 6) is -1.41. The van der Waals surface area contributed by atoms with E-state index in [1.165, 1.54) is 7.11 Å². The highest BCUT2D eigenvalue weighted by molar-refractivity contribution is 6.35. The van der Waals surface area contributed by atoms with Gasteiger partial charge in [-0.25, -0.2) is 0 Å². The summed E-state index contributed by atoms with van der Waals surface area (Å²) in [4.78, 5) is 24.6. The van der Waals surface area contributed by atoms with Crippen LogP contribution in [0.4, 0.5) is 0 Å². The van der Waals surface area contributed by atoms with Gasteiger partial charge in [0.1, 0.15) is 0 Å². The predicted molar refractivity (Wildman–Crippen MR) is 91.3 cm³/mol. The number of rotatable bonds is 5. The lowest BCUT2D eigenvalue weighted by molar-refractivity contribution is -0.142. The van der Waals surface area contributed by atoms with Crippen molar-refractivity contribution in [2.24, 2.45) is 0 Å². The number of hydrogen-bond acceptors (Lipinski definition) is 3. The molecule has 0 N–H and O–H groups in total. The molecule has 2 rings (SSSR count). The predicted octanol–water partition coefficient (Wildman–Crippen LogP) is 4.83. The molecule has 3 nitrogen and oxygen atoms in total. The van der Waals surface area contributed by atoms with Crippen molar-refractivity contribution >= 4 is 35.0 Å². The number of esters is 1. The Morgan fingerprint density at radius 1 is 1.13 bits per heavy atom. The minimum Gasteiger partial charge on any atom is -0.469 e. The van der Waals surface area contributed by atoms with Gasteiger partial charge in [-0.2, -0.15) is 0 Å². The highest BCUT2D eigenvalue weighted by Gasteiger charge is 2.27. The van der Waals surface area contributed by atoms with Crippen LogP contribution >= 0.6 is 23.2 Å². The van der Waals surface area contributed by atoms with Gasteiger partial charge in [-0.3, -0.25) is 9.59 Å². The number of hydrogen-bond donors (Lipinski definition) is 0. The lowest BCUT2D eigenvalue weighted by Crippen LogP contribution is -2.18. The third-order valence-corrected chi connectivity index (χ3v) is 4.12. The van der Waals surface area contributed by atoms with Gasteiger partial charge in [-0.15, -0.1) is 0 Å². The van der Waals surface area contributed by atoms with Crippen LogP contribution in [-0.2, 0) is 9.53 Å². The van der Waals surface area contributed by atoms with Crippen molar-refractivity contribution in [3.63, 3.8) is 0 Å². The molecule has 0 amide bonds. The molecular formula is C18H16Cl2O3. The molecule has 5 heteroatoms. The Morgan fingerprint density at radius 3 is 2.48 bits per heavy atom. The zero-order valence-corrected chi connectivity index (χ0v) is 14.3. The summed E-state index contributed by atoms with van der Waals surface area (Å²) < 4.78 is 4.83. The first-order chi connectivity index (χ1) is 10.9. The Balaban J connectivity index is 2.32. The molecule has 0 saturated heterocycles. The fourth-order valence-corrected chi connectivity index (χ4v) is 2.91. The number of carbonyl (C=O) groups is 2. The van der Waals surface area contributed by atoms with Gasteiger partial charge in [0.15, 0.2) is 5.78 Å². The Morgan fingerprint density at radius 2 is 1.87 bits per heavy atom. The second-order valence-electron chi connectivity index (χ2n) is 5.24. The Labute approximate surface area is 145 Å². The summed E-state index contributed by atoms with van der Waals surface area (Å²) >= 11 is 12.1. The molecule has 0 aliphatic heterocycles. The van der Waals surface area contributed by atoms with Gasteiger partial charge in [0.2, 0.25) is 0 Å². The first-order valence-electron chi connectivity index (χ1n) is 7.05. The number of ether oxygens (including phenoxy) is 1. The molecule has 0 aliphatic carbocycles. The zero-order chi connectivity index (χ0) is 17.0. The second kappa shape index (κ2) is 7.62. The fraction of sp³-hybridized carbons (Fsp3) is 0.222. The lowest BCUT2D eigenvalue weighted by Gasteiger charge is -2.16. The molecule has 0 aromatic heterocycles. The molecule has 0 heterocycles. The summed E-state index contributed by atoms with van der Waals surface area (Å²) in [6.07, 6.45) is -0.0164. The van der Waals surface area contributed by atoms with Crippen molar-refractivity contribution in [2.75, 3.05) is 7.11 Å². The van der Waals surface area contributed by atoms with Crippen molar-refractivity contribution in [3.8, 4) is 0 Å². The Bertz CT molecular complexity index is 741. The molecule has 0 spiro atoms. The van der Waals surface area contributed by atoms with Crippen molar-refractivity contribution in [1.82, 2.24) is 0 Å². The molecule has 2 aromatic rings. The van der Waals surface area contributed by atoms with E-state index in [1.807, 2.05) is 19.1 Å². The van der Waals surface area contributed by atoms with Crippen LogP contribution in [-0.4, -0.2) is 18.9 Å². The van der Waals surface area contributed by atoms with Gasteiger partial charge in [0.25, 0.3) is 0 Å². The van der Waals surface area contributed by atoms with Gasteiger partial charge in [0, 0.05) is 22.0 Å². The molecule has 0 unspecified atom stereocenters. The summed E-state index contributed by atoms with van der Waals surface area (Å²) in [7, 11) is 1.29. The van der Waals surface area contributed by atoms with E-state index in [4.69, 9.17) is 27.9 Å². The van der Waals surface area contributed by atoms with E-state index >= 15 is 0 Å². The molecule has 2 aromatic carbocycles. The Hall–Kier alpha value is -1.84. The Kier molecular flexibility index (Phi) is 5.80. The molecule has 0 fully saturated rings. The van der Waals surface area contributed by atoms with Gasteiger partial charge >= 0.3 is 5.97 Å². The number of carbonyl (C=O) groups excluding carboxylic acids is 2. The molecular weight excluding hydrogens is 335 g/mol. The van der Waals surface area contributed by atoms with E-state index in [0.29, 0.717) is 21.2 Å². The van der Waals surface area contributed by atoms with Gasteiger partial charge in [-0.05, 0) is 30.7 Å². The van der Waals surface area contributed by atoms with Crippen LogP contribution in [0.15, 0.2) is 42.5 Å². The molecule has 23 heavy (non-hydrogen) atoms. The quantitative estimate of drug-likeness (QED) is 0.572. The molecule has 1 atom stereocenters. The minimum atomic E-state index is -0.766. The second-order valence-corrected chi connectivity index (χ2v) is 6.08. The average molecular weight is 351 g/mol. The molecule has 0 saturated carbocycles. The first kappa shape index (κ1) is 17.5. The van der Waals surface area contributed by atoms with Gasteiger partial charge in [0.05, 0.1) is 13.0 Å². The maximum atomic E-state index is 12.5. The maximum absolute atomic E-state index is 12.5. The number of benzene rings is 2. The number of aryl methyl sites for hydroxylation is 1. The van der Waals surface area contributed by atoms with Crippen molar-refractivity contribution in [1.29, 1.82) is 0 Å². The average Bonchev–Trinajstić information content (AvgIpc) is 2.52. The lowest BCUT2D eigenvalue weighted by atomic mass is 9.91. The standard InChI is InChI=1S/C18H16Cl2O3/c1-11-4-3-5-12(8-11)17(21)10-15(18(22)23-2)14-7-6-13(19)9-16(14)20/h3-9,15H,10H2,1-2H3/t15-/m1/s1. The van der Waals surface area contributed by atoms with Crippen LogP contribution in [0.25, 0.3) is 0 Å². The normalized spacial score (nSPS) is 11.8. The monoisotopic (exact) mass is 350 g/mol. The highest BCUT2D eigenvalue weighted by Crippen LogP contribution is 2.31. The van der Waals surface area contributed by atoms with Crippen LogP contribution in [0.3, 0.4) is 0 Å². The minimum absolute atomic E-state index is 0.0164. The number of methoxy groups -OCH3 is 1. The van der Waals surface area contributed by atoms with Crippen LogP contribution in [0, 0.1) is 6.92 Å². The van der Waals surface area contributed by atoms with E-state index in [2.05, 4.69) is 0 Å². The molecule has 0 aliphatic rings. The highest BCUT2D eigenvalue weighted by atomic mass is 35.5. The summed E-state index contributed by atoms with van der Waals surface area (Å²) in [6.45, 7) is 1.91. The van der Waals surface area contributed by atoms with E-state index in [-0.39, 0.29) is 12.2 Å². The molecule has 0 radical (unpaired) electrons. The third kappa shape index (κ3) is 4.34. The van der Waals surface area contributed by atoms with Crippen molar-refractivity contribution in [2.45, 2.75) is 19.3 Å². The van der Waals surface area contributed by atoms with E-state index in [0.717, 1.165) is 5.56 Å². The third-order valence-electron chi connectivity index (χ3n) is 3.55. The van der Waals surface area contributed by atoms with E-state index in [1.54, 1.807) is 30.3 Å². The van der Waals surface area contributed by atoms with Gasteiger partial charge < -0.3 is 4.74 Å². The van der Waals surface area contributed by atoms with Gasteiger partial charge in [-0.1, -0.05) is 53.0 Å². The number of Topliss-reactive ketones (excluding diaryl/α,β-unsaturated/α-hetero) is 1. The van der Waals surface area contributed by atoms with E-state index in [9.17, 15) is 9.59 Å². The molecule has 0 bridgehead atoms. The van der Waals surface area contributed by atoms with Crippen LogP contribution in [0.5, 0.6) is 0 Å². The fourth-order valence-electron chi connectivity index (χ4n) is 2.37. The summed E-state index contributed by atoms with van der Waals surface area (Å²) in [6, 6.07) is 12.1. The largest absolute Gasteiger partial charge is 0.469 e. The SMILES string of the molecule is COC(=O)[C@H](CC(=O)c1cccc(C)c1)c1ccc(Cl)cc1Cl. The topological polar surface area (TPSA) is 43.4 Å². The van der Waals surface area contributed by atoms with Crippen molar-refractivity contribution < 1.29 is 14.3 Å². The van der Waals surface area contributed by atoms with Crippen molar-refractivity contribution in [3.05, 3.63) is 69.2 Å². The zero-order valence-electron chi connectivity index (χ0n) is 12.8. The molecule has 120 valence electrons. The maximum Gasteiger partial charge on any atom is 0.313 e. The smallest absolute Gasteiger partial charge is 0.313 e.